The monoisotopic (exact) mass is 697 g/mol. The summed E-state index contributed by atoms with van der Waals surface area (Å²) in [5, 5.41) is 16.5. The van der Waals surface area contributed by atoms with E-state index in [2.05, 4.69) is 26.6 Å². The first-order valence-electron chi connectivity index (χ1n) is 16.4. The van der Waals surface area contributed by atoms with Crippen LogP contribution in [0.3, 0.4) is 0 Å². The molecule has 4 aliphatic heterocycles. The average Bonchev–Trinajstić information content (AvgIpc) is 3.24. The molecule has 4 aliphatic rings. The van der Waals surface area contributed by atoms with Crippen LogP contribution in [0.4, 0.5) is 15.3 Å². The van der Waals surface area contributed by atoms with Crippen molar-refractivity contribution in [1.82, 2.24) is 20.0 Å². The predicted octanol–water partition coefficient (Wildman–Crippen LogP) is 5.63. The van der Waals surface area contributed by atoms with E-state index in [0.717, 1.165) is 49.2 Å². The molecule has 0 aromatic heterocycles. The lowest BCUT2D eigenvalue weighted by Crippen LogP contribution is -2.52. The van der Waals surface area contributed by atoms with Gasteiger partial charge in [0, 0.05) is 50.9 Å². The predicted molar refractivity (Wildman–Crippen MR) is 182 cm³/mol. The van der Waals surface area contributed by atoms with E-state index >= 15 is 0 Å². The van der Waals surface area contributed by atoms with Gasteiger partial charge in [0.05, 0.1) is 4.47 Å². The zero-order valence-electron chi connectivity index (χ0n) is 25.8. The second kappa shape index (κ2) is 15.5. The summed E-state index contributed by atoms with van der Waals surface area (Å²) in [6.45, 7) is 5.02. The largest absolute Gasteiger partial charge is 0.507 e. The molecule has 2 aromatic rings. The summed E-state index contributed by atoms with van der Waals surface area (Å²) in [5.74, 6) is 1.30. The zero-order chi connectivity index (χ0) is 31.3. The van der Waals surface area contributed by atoms with Crippen LogP contribution in [-0.4, -0.2) is 95.8 Å². The Morgan fingerprint density at radius 1 is 0.913 bits per heavy atom. The third kappa shape index (κ3) is 7.97. The number of likely N-dealkylation sites (tertiary alicyclic amines) is 2. The van der Waals surface area contributed by atoms with E-state index in [4.69, 9.17) is 4.74 Å². The van der Waals surface area contributed by atoms with Gasteiger partial charge in [0.1, 0.15) is 5.75 Å². The van der Waals surface area contributed by atoms with Crippen molar-refractivity contribution in [2.45, 2.75) is 70.9 Å². The van der Waals surface area contributed by atoms with Crippen molar-refractivity contribution in [3.8, 4) is 5.75 Å². The number of halogens is 1. The van der Waals surface area contributed by atoms with Crippen LogP contribution in [-0.2, 0) is 22.4 Å². The normalized spacial score (nSPS) is 20.6. The van der Waals surface area contributed by atoms with Crippen molar-refractivity contribution in [2.75, 3.05) is 51.1 Å². The Morgan fingerprint density at radius 2 is 1.59 bits per heavy atom. The van der Waals surface area contributed by atoms with E-state index in [0.29, 0.717) is 61.9 Å². The number of carbonyl (C=O) groups excluding carboxylic acids is 3. The summed E-state index contributed by atoms with van der Waals surface area (Å²) in [6, 6.07) is 12.9. The molecule has 3 fully saturated rings. The number of amides is 4. The molecule has 250 valence electrons. The molecule has 4 amide bonds. The lowest BCUT2D eigenvalue weighted by atomic mass is 9.79. The number of aromatic hydroxyl groups is 1. The summed E-state index contributed by atoms with van der Waals surface area (Å²) in [6.07, 6.45) is 5.18. The number of ether oxygens (including phenoxy) is 1. The number of hydrogen-bond acceptors (Lipinski definition) is 6. The van der Waals surface area contributed by atoms with Crippen LogP contribution in [0, 0.1) is 11.8 Å². The smallest absolute Gasteiger partial charge is 0.410 e. The number of anilines is 1. The Kier molecular flexibility index (Phi) is 11.5. The van der Waals surface area contributed by atoms with E-state index in [-0.39, 0.29) is 37.6 Å². The maximum Gasteiger partial charge on any atom is 0.410 e. The molecule has 11 heteroatoms. The number of benzene rings is 2. The molecule has 0 unspecified atom stereocenters. The first-order valence-corrected chi connectivity index (χ1v) is 17.2. The Labute approximate surface area is 281 Å². The number of phenolic OH excluding ortho intramolecular Hbond substituents is 1. The molecule has 46 heavy (non-hydrogen) atoms. The second-order valence-corrected chi connectivity index (χ2v) is 13.7. The highest BCUT2D eigenvalue weighted by atomic mass is 79.9. The van der Waals surface area contributed by atoms with E-state index in [1.807, 2.05) is 34.1 Å². The Hall–Kier alpha value is -3.31. The molecule has 3 saturated heterocycles. The van der Waals surface area contributed by atoms with Gasteiger partial charge < -0.3 is 35.2 Å². The minimum atomic E-state index is -0.961. The fourth-order valence-electron chi connectivity index (χ4n) is 7.48. The van der Waals surface area contributed by atoms with Crippen molar-refractivity contribution >= 4 is 39.6 Å². The minimum absolute atomic E-state index is 0. The highest BCUT2D eigenvalue weighted by Crippen LogP contribution is 2.32. The van der Waals surface area contributed by atoms with Gasteiger partial charge in [-0.2, -0.15) is 0 Å². The first kappa shape index (κ1) is 34.0. The lowest BCUT2D eigenvalue weighted by molar-refractivity contribution is -0.142. The number of urea groups is 1. The van der Waals surface area contributed by atoms with Crippen LogP contribution in [0.5, 0.6) is 5.75 Å². The molecular weight excluding hydrogens is 650 g/mol. The van der Waals surface area contributed by atoms with Crippen molar-refractivity contribution in [3.63, 3.8) is 0 Å². The van der Waals surface area contributed by atoms with Gasteiger partial charge in [-0.25, -0.2) is 9.59 Å². The molecule has 0 bridgehead atoms. The number of hydrogen-bond donors (Lipinski definition) is 3. The van der Waals surface area contributed by atoms with Gasteiger partial charge in [0.25, 0.3) is 5.91 Å². The van der Waals surface area contributed by atoms with Crippen molar-refractivity contribution in [1.29, 1.82) is 0 Å². The first-order chi connectivity index (χ1) is 21.9. The third-order valence-corrected chi connectivity index (χ3v) is 10.8. The van der Waals surface area contributed by atoms with Crippen LogP contribution < -0.4 is 10.6 Å². The number of para-hydroxylation sites is 1. The van der Waals surface area contributed by atoms with E-state index in [1.165, 1.54) is 12.8 Å². The minimum Gasteiger partial charge on any atom is -0.507 e. The molecule has 4 heterocycles. The van der Waals surface area contributed by atoms with Gasteiger partial charge in [0.2, 0.25) is 0 Å². The fourth-order valence-corrected chi connectivity index (χ4v) is 7.90. The Morgan fingerprint density at radius 3 is 2.30 bits per heavy atom. The highest BCUT2D eigenvalue weighted by molar-refractivity contribution is 9.10. The van der Waals surface area contributed by atoms with Crippen molar-refractivity contribution in [2.24, 2.45) is 11.8 Å². The quantitative estimate of drug-likeness (QED) is 0.361. The van der Waals surface area contributed by atoms with Gasteiger partial charge in [-0.05, 0) is 115 Å². The van der Waals surface area contributed by atoms with Crippen LogP contribution in [0.15, 0.2) is 46.9 Å². The van der Waals surface area contributed by atoms with Gasteiger partial charge in [-0.1, -0.05) is 31.7 Å². The summed E-state index contributed by atoms with van der Waals surface area (Å²) < 4.78 is 6.53. The van der Waals surface area contributed by atoms with Crippen molar-refractivity contribution in [3.05, 3.63) is 58.1 Å². The topological polar surface area (TPSA) is 114 Å². The van der Waals surface area contributed by atoms with Crippen LogP contribution in [0.25, 0.3) is 0 Å². The van der Waals surface area contributed by atoms with Crippen LogP contribution in [0.2, 0.25) is 0 Å². The number of phenols is 1. The van der Waals surface area contributed by atoms with Gasteiger partial charge in [-0.15, -0.1) is 0 Å². The summed E-state index contributed by atoms with van der Waals surface area (Å²) in [5.41, 5.74) is 2.78. The molecular formula is C35H48BrN5O5. The molecule has 0 spiro atoms. The van der Waals surface area contributed by atoms with E-state index in [9.17, 15) is 19.5 Å². The maximum absolute atomic E-state index is 13.9. The fraction of sp³-hybridized carbons (Fsp3) is 0.571. The highest BCUT2D eigenvalue weighted by Gasteiger charge is 2.36. The number of carbonyl (C=O) groups is 3. The maximum atomic E-state index is 13.9. The molecule has 6 rings (SSSR count). The number of nitrogens with zero attached hydrogens (tertiary/aromatic N) is 3. The molecule has 1 atom stereocenters. The number of piperidine rings is 3. The van der Waals surface area contributed by atoms with E-state index in [1.54, 1.807) is 23.1 Å². The van der Waals surface area contributed by atoms with E-state index < -0.39 is 12.2 Å². The molecule has 2 aromatic carbocycles. The average molecular weight is 699 g/mol. The molecule has 10 nitrogen and oxygen atoms in total. The van der Waals surface area contributed by atoms with Crippen LogP contribution in [0.1, 0.15) is 57.1 Å². The van der Waals surface area contributed by atoms with Gasteiger partial charge >= 0.3 is 12.1 Å². The lowest BCUT2D eigenvalue weighted by Gasteiger charge is -2.39. The number of nitrogens with one attached hydrogen (secondary N) is 2. The SMILES string of the molecule is C.O=C(O[C@H](Cc1ccc(O)c(Br)c1)C(=O)N1CCC(C2CCNCC2)CC1)N1CCC(N2CCc3ccccc3NC2=O)CC1. The third-order valence-electron chi connectivity index (χ3n) is 10.2. The standard InChI is InChI=1S/C34H44BrN5O5.CH4/c35-28-21-23(5-6-30(28)41)22-31(32(42)38-16-9-25(10-17-38)24-7-14-36-15-8-24)45-34(44)39-18-12-27(13-19-39)40-20-11-26-3-1-2-4-29(26)37-33(40)43;/h1-6,21,24-25,27,31,36,41H,7-20,22H2,(H,37,43);1H4/t31-;/m1./s1. The molecule has 3 N–H and O–H groups in total. The Balaban J connectivity index is 0.00000417. The number of rotatable bonds is 6. The molecule has 0 radical (unpaired) electrons. The van der Waals surface area contributed by atoms with Gasteiger partial charge in [0.15, 0.2) is 6.10 Å². The second-order valence-electron chi connectivity index (χ2n) is 12.9. The van der Waals surface area contributed by atoms with Crippen LogP contribution >= 0.6 is 15.9 Å². The summed E-state index contributed by atoms with van der Waals surface area (Å²) >= 11 is 3.37. The Bertz CT molecular complexity index is 1370. The summed E-state index contributed by atoms with van der Waals surface area (Å²) in [4.78, 5) is 45.8. The van der Waals surface area contributed by atoms with Crippen molar-refractivity contribution < 1.29 is 24.2 Å². The zero-order valence-corrected chi connectivity index (χ0v) is 27.3. The molecule has 0 saturated carbocycles. The molecule has 0 aliphatic carbocycles. The van der Waals surface area contributed by atoms with Gasteiger partial charge in [-0.3, -0.25) is 4.79 Å². The summed E-state index contributed by atoms with van der Waals surface area (Å²) in [7, 11) is 0. The number of fused-ring (bicyclic) bond motifs is 1.